The molecule has 2 aromatic heterocycles. The minimum atomic E-state index is -1.16. The zero-order valence-electron chi connectivity index (χ0n) is 49.1. The highest BCUT2D eigenvalue weighted by Gasteiger charge is 2.46. The summed E-state index contributed by atoms with van der Waals surface area (Å²) in [6.45, 7) is 16.6. The highest BCUT2D eigenvalue weighted by molar-refractivity contribution is 7.81. The fourth-order valence-corrected chi connectivity index (χ4v) is 25.8. The molecule has 0 saturated carbocycles. The van der Waals surface area contributed by atoms with E-state index in [0.717, 1.165) is 17.5 Å². The second-order valence-electron chi connectivity index (χ2n) is 25.1. The highest BCUT2D eigenvalue weighted by Crippen LogP contribution is 2.53. The van der Waals surface area contributed by atoms with Crippen LogP contribution >= 0.6 is 31.7 Å². The lowest BCUT2D eigenvalue weighted by atomic mass is 9.70. The van der Waals surface area contributed by atoms with Crippen molar-refractivity contribution in [1.82, 2.24) is 20.4 Å². The zero-order chi connectivity index (χ0) is 58.3. The molecule has 6 heterocycles. The third-order valence-electron chi connectivity index (χ3n) is 19.1. The number of hydrogen-bond donors (Lipinski definition) is 0. The molecule has 0 fully saturated rings. The summed E-state index contributed by atoms with van der Waals surface area (Å²) >= 11 is 0. The third kappa shape index (κ3) is 8.20. The van der Waals surface area contributed by atoms with E-state index in [0.29, 0.717) is 23.0 Å². The average molecular weight is 1190 g/mol. The summed E-state index contributed by atoms with van der Waals surface area (Å²) in [5.74, 6) is 1.02. The van der Waals surface area contributed by atoms with Gasteiger partial charge in [0.05, 0.1) is 15.8 Å². The van der Waals surface area contributed by atoms with Crippen molar-refractivity contribution in [3.05, 3.63) is 287 Å². The monoisotopic (exact) mass is 1190 g/mol. The molecule has 0 spiro atoms. The maximum atomic E-state index is 7.13. The van der Waals surface area contributed by atoms with Gasteiger partial charge in [-0.2, -0.15) is 0 Å². The second kappa shape index (κ2) is 20.1. The van der Waals surface area contributed by atoms with Crippen molar-refractivity contribution >= 4 is 96.0 Å². The predicted octanol–water partition coefficient (Wildman–Crippen LogP) is 12.6. The zero-order valence-corrected chi connectivity index (χ0v) is 52.7. The van der Waals surface area contributed by atoms with Crippen LogP contribution in [-0.4, -0.2) is 20.4 Å². The summed E-state index contributed by atoms with van der Waals surface area (Å²) in [6, 6.07) is 88.0. The Balaban J connectivity index is 0.698. The van der Waals surface area contributed by atoms with Crippen LogP contribution in [0.1, 0.15) is 98.5 Å². The van der Waals surface area contributed by atoms with E-state index in [1.807, 2.05) is 0 Å². The molecule has 12 aromatic rings. The van der Waals surface area contributed by atoms with Crippen molar-refractivity contribution in [3.63, 3.8) is 0 Å². The van der Waals surface area contributed by atoms with Crippen molar-refractivity contribution in [2.45, 2.75) is 76.5 Å². The van der Waals surface area contributed by atoms with Gasteiger partial charge in [0.1, 0.15) is 0 Å². The first-order valence-electron chi connectivity index (χ1n) is 29.7. The lowest BCUT2D eigenvalue weighted by molar-refractivity contribution is 0.570. The van der Waals surface area contributed by atoms with Gasteiger partial charge in [-0.1, -0.05) is 261 Å². The Bertz CT molecular complexity index is 4530. The number of benzene rings is 10. The molecule has 0 amide bonds. The fraction of sp³-hybridized carbons (Fsp3) is 0.158. The van der Waals surface area contributed by atoms with E-state index >= 15 is 0 Å². The molecule has 0 radical (unpaired) electrons. The van der Waals surface area contributed by atoms with Gasteiger partial charge in [0.15, 0.2) is 0 Å². The highest BCUT2D eigenvalue weighted by atomic mass is 31.1. The van der Waals surface area contributed by atoms with Gasteiger partial charge in [-0.3, -0.25) is 0 Å². The summed E-state index contributed by atoms with van der Waals surface area (Å²) < 4.78 is 13.6. The van der Waals surface area contributed by atoms with E-state index in [1.54, 1.807) is 0 Å². The van der Waals surface area contributed by atoms with Crippen molar-refractivity contribution < 1.29 is 8.83 Å². The summed E-state index contributed by atoms with van der Waals surface area (Å²) in [5.41, 5.74) is 14.6. The van der Waals surface area contributed by atoms with Crippen LogP contribution in [0.15, 0.2) is 245 Å². The van der Waals surface area contributed by atoms with E-state index in [2.05, 4.69) is 295 Å². The van der Waals surface area contributed by atoms with Crippen LogP contribution in [0.5, 0.6) is 0 Å². The van der Waals surface area contributed by atoms with E-state index in [1.165, 1.54) is 103 Å². The molecule has 1 unspecified atom stereocenters. The molecule has 10 heteroatoms. The maximum Gasteiger partial charge on any atom is 0.248 e. The third-order valence-corrected chi connectivity index (χ3v) is 28.8. The van der Waals surface area contributed by atoms with Crippen LogP contribution in [-0.2, 0) is 28.1 Å². The molecular weight excluding hydrogens is 1120 g/mol. The van der Waals surface area contributed by atoms with Gasteiger partial charge in [0, 0.05) is 32.8 Å². The lowest BCUT2D eigenvalue weighted by Gasteiger charge is -2.43. The Kier molecular flexibility index (Phi) is 12.6. The second-order valence-corrected chi connectivity index (χ2v) is 33.4. The molecular formula is C76H62N4O2P4. The molecule has 16 rings (SSSR count). The minimum absolute atomic E-state index is 0.0650. The Labute approximate surface area is 508 Å². The standard InChI is InChI=1S/C76H62N4O2P4/c1-73(2)53-22-8-15-29-61(53)83(62-30-16-9-23-54(62)73)51-41-37-49(38-42-51)69-77-78-70(81-69)50-39-43-52(44-40-50)84-66-34-20-13-27-58(66)76(7,59-28-14-21-35-67(59)84)47-48-36-45-68-60(46-48)75(5,6)57-26-12-19-33-65(57)86(68)72-80-79-71(82-72)85-63-31-17-10-24-55(63)74(3,4)56-25-11-18-32-64(56)85/h8-46H,47H2,1-7H3. The summed E-state index contributed by atoms with van der Waals surface area (Å²) in [4.78, 5) is 0. The van der Waals surface area contributed by atoms with E-state index in [9.17, 15) is 0 Å². The lowest BCUT2D eigenvalue weighted by Crippen LogP contribution is -2.43. The van der Waals surface area contributed by atoms with Crippen molar-refractivity contribution in [2.75, 3.05) is 0 Å². The Morgan fingerprint density at radius 1 is 0.291 bits per heavy atom. The predicted molar refractivity (Wildman–Crippen MR) is 361 cm³/mol. The van der Waals surface area contributed by atoms with Crippen LogP contribution < -0.4 is 64.3 Å². The summed E-state index contributed by atoms with van der Waals surface area (Å²) in [7, 11) is -3.85. The largest absolute Gasteiger partial charge is 0.416 e. The SMILES string of the molecule is CC1(C)c2ccccc2P(c2ccc(-c3nnc(-c4ccc(P5c6ccccc6C(C)(Cc6ccc7c(c6)C(C)(C)c6ccccc6P7c6nnc(P7c8ccccc8C(C)(C)c8ccccc87)o6)c6ccccc65)cc4)o3)cc2)c2ccccc21. The molecule has 4 aliphatic heterocycles. The number of aromatic nitrogens is 4. The van der Waals surface area contributed by atoms with Gasteiger partial charge in [0.2, 0.25) is 23.0 Å². The van der Waals surface area contributed by atoms with Crippen molar-refractivity contribution in [1.29, 1.82) is 0 Å². The number of nitrogens with zero attached hydrogens (tertiary/aromatic N) is 4. The first-order chi connectivity index (χ1) is 41.8. The molecule has 0 N–H and O–H groups in total. The maximum absolute atomic E-state index is 7.13. The van der Waals surface area contributed by atoms with E-state index in [4.69, 9.17) is 19.0 Å². The van der Waals surface area contributed by atoms with E-state index in [-0.39, 0.29) is 21.7 Å². The number of rotatable bonds is 8. The normalized spacial score (nSPS) is 19.2. The van der Waals surface area contributed by atoms with Crippen LogP contribution in [0.25, 0.3) is 22.9 Å². The number of fused-ring (bicyclic) bond motifs is 8. The molecule has 4 aliphatic rings. The molecule has 10 aromatic carbocycles. The Hall–Kier alpha value is -7.80. The smallest absolute Gasteiger partial charge is 0.248 e. The minimum Gasteiger partial charge on any atom is -0.416 e. The van der Waals surface area contributed by atoms with Gasteiger partial charge in [0.25, 0.3) is 0 Å². The van der Waals surface area contributed by atoms with Crippen LogP contribution in [0.3, 0.4) is 0 Å². The molecule has 418 valence electrons. The average Bonchev–Trinajstić information content (AvgIpc) is 0.997. The first kappa shape index (κ1) is 53.7. The van der Waals surface area contributed by atoms with Gasteiger partial charge >= 0.3 is 0 Å². The fourth-order valence-electron chi connectivity index (χ4n) is 14.7. The Morgan fingerprint density at radius 2 is 0.593 bits per heavy atom. The molecule has 0 bridgehead atoms. The first-order valence-corrected chi connectivity index (χ1v) is 35.0. The molecule has 0 aliphatic carbocycles. The van der Waals surface area contributed by atoms with Gasteiger partial charge < -0.3 is 8.83 Å². The molecule has 1 atom stereocenters. The van der Waals surface area contributed by atoms with E-state index < -0.39 is 31.7 Å². The van der Waals surface area contributed by atoms with Gasteiger partial charge in [-0.15, -0.1) is 20.4 Å². The van der Waals surface area contributed by atoms with Crippen LogP contribution in [0, 0.1) is 0 Å². The van der Waals surface area contributed by atoms with Crippen LogP contribution in [0.4, 0.5) is 0 Å². The number of hydrogen-bond acceptors (Lipinski definition) is 6. The quantitative estimate of drug-likeness (QED) is 0.141. The molecule has 86 heavy (non-hydrogen) atoms. The summed E-state index contributed by atoms with van der Waals surface area (Å²) in [6.07, 6.45) is 0.834. The van der Waals surface area contributed by atoms with Gasteiger partial charge in [-0.05, 0) is 150 Å². The van der Waals surface area contributed by atoms with Crippen LogP contribution in [0.2, 0.25) is 0 Å². The Morgan fingerprint density at radius 3 is 0.965 bits per heavy atom. The van der Waals surface area contributed by atoms with Crippen molar-refractivity contribution in [2.24, 2.45) is 0 Å². The van der Waals surface area contributed by atoms with Gasteiger partial charge in [-0.25, -0.2) is 0 Å². The molecule has 6 nitrogen and oxygen atoms in total. The topological polar surface area (TPSA) is 77.8 Å². The summed E-state index contributed by atoms with van der Waals surface area (Å²) in [5, 5.41) is 32.6. The van der Waals surface area contributed by atoms with Crippen molar-refractivity contribution in [3.8, 4) is 22.9 Å². The molecule has 0 saturated heterocycles.